The molecule has 148 valence electrons. The van der Waals surface area contributed by atoms with E-state index in [0.29, 0.717) is 38.1 Å². The van der Waals surface area contributed by atoms with Gasteiger partial charge < -0.3 is 14.2 Å². The smallest absolute Gasteiger partial charge is 0.276 e. The summed E-state index contributed by atoms with van der Waals surface area (Å²) in [4.78, 5) is 13.6. The van der Waals surface area contributed by atoms with Crippen molar-refractivity contribution in [1.29, 1.82) is 0 Å². The molecule has 0 radical (unpaired) electrons. The summed E-state index contributed by atoms with van der Waals surface area (Å²) in [5, 5.41) is 8.38. The van der Waals surface area contributed by atoms with Crippen LogP contribution in [0.15, 0.2) is 41.2 Å². The van der Waals surface area contributed by atoms with Crippen molar-refractivity contribution < 1.29 is 14.2 Å². The van der Waals surface area contributed by atoms with Gasteiger partial charge in [-0.15, -0.1) is 10.2 Å². The first kappa shape index (κ1) is 18.9. The molecule has 0 aliphatic heterocycles. The topological polar surface area (TPSA) is 75.0 Å². The van der Waals surface area contributed by atoms with Gasteiger partial charge in [-0.25, -0.2) is 4.40 Å². The molecule has 0 saturated heterocycles. The summed E-state index contributed by atoms with van der Waals surface area (Å²) < 4.78 is 18.3. The number of hydrogen-bond donors (Lipinski definition) is 0. The van der Waals surface area contributed by atoms with Crippen LogP contribution in [0, 0.1) is 6.92 Å². The zero-order valence-electron chi connectivity index (χ0n) is 16.4. The molecule has 2 aromatic carbocycles. The fraction of sp³-hybridized carbons (Fsp3) is 0.190. The van der Waals surface area contributed by atoms with Gasteiger partial charge in [-0.2, -0.15) is 0 Å². The van der Waals surface area contributed by atoms with E-state index in [9.17, 15) is 4.79 Å². The van der Waals surface area contributed by atoms with E-state index in [0.717, 1.165) is 11.1 Å². The Labute approximate surface area is 170 Å². The predicted octanol–water partition coefficient (Wildman–Crippen LogP) is 2.70. The fourth-order valence-electron chi connectivity index (χ4n) is 3.13. The molecular formula is C21H19N3O4S. The van der Waals surface area contributed by atoms with E-state index >= 15 is 0 Å². The second kappa shape index (κ2) is 7.56. The van der Waals surface area contributed by atoms with Crippen molar-refractivity contribution in [2.75, 3.05) is 21.3 Å². The first-order valence-electron chi connectivity index (χ1n) is 8.83. The Balaban J connectivity index is 1.90. The van der Waals surface area contributed by atoms with Gasteiger partial charge in [0.2, 0.25) is 10.7 Å². The molecule has 4 aromatic rings. The average Bonchev–Trinajstić information content (AvgIpc) is 3.28. The molecule has 0 spiro atoms. The van der Waals surface area contributed by atoms with Crippen molar-refractivity contribution in [3.63, 3.8) is 0 Å². The van der Waals surface area contributed by atoms with E-state index in [-0.39, 0.29) is 5.56 Å². The standard InChI is InChI=1S/C21H19N3O4S/c1-12-5-7-13(8-6-12)19-22-23-21-24(19)20(25)16(29-21)11-14-9-10-15(26-2)18(28-4)17(14)27-3/h5-11H,1-4H3. The second-order valence-corrected chi connectivity index (χ2v) is 7.36. The van der Waals surface area contributed by atoms with Crippen molar-refractivity contribution in [2.45, 2.75) is 6.92 Å². The van der Waals surface area contributed by atoms with Crippen LogP contribution in [0.3, 0.4) is 0 Å². The summed E-state index contributed by atoms with van der Waals surface area (Å²) in [5.41, 5.74) is 2.50. The molecule has 0 atom stereocenters. The second-order valence-electron chi connectivity index (χ2n) is 6.35. The Hall–Kier alpha value is -3.39. The van der Waals surface area contributed by atoms with Crippen molar-refractivity contribution >= 4 is 22.4 Å². The number of aryl methyl sites for hydroxylation is 1. The summed E-state index contributed by atoms with van der Waals surface area (Å²) in [6, 6.07) is 11.4. The van der Waals surface area contributed by atoms with Crippen LogP contribution in [-0.4, -0.2) is 35.9 Å². The molecule has 0 fully saturated rings. The molecule has 0 aliphatic rings. The van der Waals surface area contributed by atoms with Gasteiger partial charge in [-0.05, 0) is 25.1 Å². The molecule has 0 N–H and O–H groups in total. The number of benzene rings is 2. The highest BCUT2D eigenvalue weighted by atomic mass is 32.1. The molecule has 0 amide bonds. The van der Waals surface area contributed by atoms with Gasteiger partial charge >= 0.3 is 0 Å². The van der Waals surface area contributed by atoms with E-state index in [4.69, 9.17) is 14.2 Å². The number of hydrogen-bond acceptors (Lipinski definition) is 7. The predicted molar refractivity (Wildman–Crippen MR) is 112 cm³/mol. The van der Waals surface area contributed by atoms with Crippen LogP contribution >= 0.6 is 11.3 Å². The molecule has 7 nitrogen and oxygen atoms in total. The van der Waals surface area contributed by atoms with Crippen molar-refractivity contribution in [1.82, 2.24) is 14.6 Å². The SMILES string of the molecule is COc1ccc(C=c2sc3nnc(-c4ccc(C)cc4)n3c2=O)c(OC)c1OC. The van der Waals surface area contributed by atoms with Gasteiger partial charge in [-0.1, -0.05) is 41.2 Å². The number of thiazole rings is 1. The summed E-state index contributed by atoms with van der Waals surface area (Å²) in [6.45, 7) is 2.01. The average molecular weight is 409 g/mol. The van der Waals surface area contributed by atoms with Crippen LogP contribution in [0.5, 0.6) is 17.2 Å². The maximum atomic E-state index is 13.1. The van der Waals surface area contributed by atoms with Crippen LogP contribution < -0.4 is 24.3 Å². The number of nitrogens with zero attached hydrogens (tertiary/aromatic N) is 3. The molecule has 8 heteroatoms. The highest BCUT2D eigenvalue weighted by molar-refractivity contribution is 7.15. The lowest BCUT2D eigenvalue weighted by Crippen LogP contribution is -2.23. The minimum absolute atomic E-state index is 0.178. The zero-order chi connectivity index (χ0) is 20.5. The van der Waals surface area contributed by atoms with Gasteiger partial charge in [0.25, 0.3) is 5.56 Å². The molecule has 0 saturated carbocycles. The lowest BCUT2D eigenvalue weighted by molar-refractivity contribution is 0.324. The van der Waals surface area contributed by atoms with Crippen LogP contribution in [-0.2, 0) is 0 Å². The summed E-state index contributed by atoms with van der Waals surface area (Å²) >= 11 is 1.27. The van der Waals surface area contributed by atoms with Crippen molar-refractivity contribution in [2.24, 2.45) is 0 Å². The molecule has 0 aliphatic carbocycles. The van der Waals surface area contributed by atoms with Crippen LogP contribution in [0.1, 0.15) is 11.1 Å². The number of methoxy groups -OCH3 is 3. The minimum Gasteiger partial charge on any atom is -0.493 e. The van der Waals surface area contributed by atoms with Crippen LogP contribution in [0.4, 0.5) is 0 Å². The highest BCUT2D eigenvalue weighted by Crippen LogP contribution is 2.40. The lowest BCUT2D eigenvalue weighted by Gasteiger charge is -2.13. The molecule has 0 unspecified atom stereocenters. The summed E-state index contributed by atoms with van der Waals surface area (Å²) in [6.07, 6.45) is 1.77. The largest absolute Gasteiger partial charge is 0.493 e. The first-order chi connectivity index (χ1) is 14.1. The molecule has 4 rings (SSSR count). The van der Waals surface area contributed by atoms with Gasteiger partial charge in [0, 0.05) is 11.1 Å². The Bertz CT molecular complexity index is 1290. The number of ether oxygens (including phenoxy) is 3. The Kier molecular flexibility index (Phi) is 4.94. The maximum absolute atomic E-state index is 13.1. The third kappa shape index (κ3) is 3.21. The Morgan fingerprint density at radius 2 is 1.66 bits per heavy atom. The van der Waals surface area contributed by atoms with Gasteiger partial charge in [0.05, 0.1) is 25.9 Å². The molecule has 2 aromatic heterocycles. The quantitative estimate of drug-likeness (QED) is 0.505. The number of aromatic nitrogens is 3. The maximum Gasteiger partial charge on any atom is 0.276 e. The van der Waals surface area contributed by atoms with E-state index in [1.54, 1.807) is 33.5 Å². The highest BCUT2D eigenvalue weighted by Gasteiger charge is 2.17. The third-order valence-corrected chi connectivity index (χ3v) is 5.54. The van der Waals surface area contributed by atoms with E-state index in [2.05, 4.69) is 10.2 Å². The zero-order valence-corrected chi connectivity index (χ0v) is 17.2. The molecule has 29 heavy (non-hydrogen) atoms. The van der Waals surface area contributed by atoms with Gasteiger partial charge in [0.15, 0.2) is 17.3 Å². The number of fused-ring (bicyclic) bond motifs is 1. The summed E-state index contributed by atoms with van der Waals surface area (Å²) in [7, 11) is 4.65. The van der Waals surface area contributed by atoms with Crippen molar-refractivity contribution in [3.8, 4) is 28.6 Å². The minimum atomic E-state index is -0.178. The fourth-order valence-corrected chi connectivity index (χ4v) is 4.03. The molecule has 0 bridgehead atoms. The van der Waals surface area contributed by atoms with E-state index in [1.807, 2.05) is 37.3 Å². The van der Waals surface area contributed by atoms with Gasteiger partial charge in [-0.3, -0.25) is 4.79 Å². The van der Waals surface area contributed by atoms with Crippen LogP contribution in [0.25, 0.3) is 22.4 Å². The normalized spacial score (nSPS) is 11.8. The molecule has 2 heterocycles. The van der Waals surface area contributed by atoms with Crippen molar-refractivity contribution in [3.05, 3.63) is 62.4 Å². The van der Waals surface area contributed by atoms with Gasteiger partial charge in [0.1, 0.15) is 0 Å². The summed E-state index contributed by atoms with van der Waals surface area (Å²) in [5.74, 6) is 2.05. The molecular weight excluding hydrogens is 390 g/mol. The monoisotopic (exact) mass is 409 g/mol. The number of rotatable bonds is 5. The Morgan fingerprint density at radius 3 is 2.31 bits per heavy atom. The lowest BCUT2D eigenvalue weighted by atomic mass is 10.1. The first-order valence-corrected chi connectivity index (χ1v) is 9.64. The van der Waals surface area contributed by atoms with E-state index < -0.39 is 0 Å². The van der Waals surface area contributed by atoms with E-state index in [1.165, 1.54) is 15.7 Å². The van der Waals surface area contributed by atoms with Crippen LogP contribution in [0.2, 0.25) is 0 Å². The Morgan fingerprint density at radius 1 is 0.931 bits per heavy atom. The third-order valence-electron chi connectivity index (χ3n) is 4.58.